The zero-order valence-electron chi connectivity index (χ0n) is 17.0. The number of carbonyl (C=O) groups is 1. The molecule has 1 fully saturated rings. The number of nitrogens with zero attached hydrogens (tertiary/aromatic N) is 4. The normalized spacial score (nSPS) is 19.6. The molecule has 0 spiro atoms. The Morgan fingerprint density at radius 3 is 2.57 bits per heavy atom. The third-order valence-corrected chi connectivity index (χ3v) is 4.20. The van der Waals surface area contributed by atoms with Gasteiger partial charge in [-0.1, -0.05) is 0 Å². The van der Waals surface area contributed by atoms with E-state index < -0.39 is 35.5 Å². The monoisotopic (exact) mass is 404 g/mol. The molecular formula is C18H27F3N4O3. The van der Waals surface area contributed by atoms with Crippen molar-refractivity contribution < 1.29 is 27.4 Å². The van der Waals surface area contributed by atoms with Gasteiger partial charge < -0.3 is 14.4 Å². The Morgan fingerprint density at radius 2 is 2.04 bits per heavy atom. The van der Waals surface area contributed by atoms with Crippen LogP contribution in [0.4, 0.5) is 23.8 Å². The quantitative estimate of drug-likeness (QED) is 0.762. The molecule has 1 amide bonds. The Labute approximate surface area is 162 Å². The van der Waals surface area contributed by atoms with Crippen molar-refractivity contribution in [3.63, 3.8) is 0 Å². The number of amides is 1. The van der Waals surface area contributed by atoms with Crippen LogP contribution in [0.2, 0.25) is 0 Å². The molecule has 1 aliphatic rings. The zero-order valence-corrected chi connectivity index (χ0v) is 17.0. The lowest BCUT2D eigenvalue weighted by Crippen LogP contribution is -2.53. The van der Waals surface area contributed by atoms with Crippen molar-refractivity contribution >= 4 is 11.9 Å². The van der Waals surface area contributed by atoms with Crippen molar-refractivity contribution in [2.45, 2.75) is 65.1 Å². The van der Waals surface area contributed by atoms with E-state index in [-0.39, 0.29) is 19.0 Å². The highest BCUT2D eigenvalue weighted by molar-refractivity contribution is 5.70. The van der Waals surface area contributed by atoms with Crippen molar-refractivity contribution in [3.8, 4) is 0 Å². The van der Waals surface area contributed by atoms with Crippen LogP contribution in [0.15, 0.2) is 12.3 Å². The summed E-state index contributed by atoms with van der Waals surface area (Å²) in [6.45, 7) is 11.5. The second kappa shape index (κ2) is 7.73. The molecule has 10 heteroatoms. The topological polar surface area (TPSA) is 67.8 Å². The first-order valence-corrected chi connectivity index (χ1v) is 9.06. The highest BCUT2D eigenvalue weighted by atomic mass is 19.4. The average Bonchev–Trinajstić information content (AvgIpc) is 2.84. The maximum atomic E-state index is 12.9. The predicted octanol–water partition coefficient (Wildman–Crippen LogP) is 3.69. The molecular weight excluding hydrogens is 377 g/mol. The lowest BCUT2D eigenvalue weighted by molar-refractivity contribution is -0.144. The fourth-order valence-electron chi connectivity index (χ4n) is 3.00. The minimum absolute atomic E-state index is 0.138. The smallest absolute Gasteiger partial charge is 0.444 e. The van der Waals surface area contributed by atoms with Gasteiger partial charge in [0.1, 0.15) is 17.1 Å². The van der Waals surface area contributed by atoms with E-state index in [1.54, 1.807) is 46.4 Å². The molecule has 1 aromatic rings. The van der Waals surface area contributed by atoms with Crippen LogP contribution >= 0.6 is 0 Å². The van der Waals surface area contributed by atoms with Gasteiger partial charge >= 0.3 is 12.3 Å². The van der Waals surface area contributed by atoms with E-state index in [0.29, 0.717) is 6.54 Å². The number of rotatable bonds is 4. The van der Waals surface area contributed by atoms with Crippen molar-refractivity contribution in [1.29, 1.82) is 0 Å². The number of hydrogen-bond donors (Lipinski definition) is 0. The fraction of sp³-hybridized carbons (Fsp3) is 0.722. The van der Waals surface area contributed by atoms with E-state index >= 15 is 0 Å². The van der Waals surface area contributed by atoms with Gasteiger partial charge in [0.15, 0.2) is 0 Å². The number of hydrogen-bond acceptors (Lipinski definition) is 6. The first kappa shape index (κ1) is 22.2. The SMILES string of the molecule is CCN(CC1COC(C)(C)N1C(=O)OC(C)(C)C)c1ccnc(C(F)(F)F)n1. The lowest BCUT2D eigenvalue weighted by Gasteiger charge is -2.36. The Hall–Kier alpha value is -2.10. The van der Waals surface area contributed by atoms with Crippen LogP contribution in [-0.2, 0) is 15.7 Å². The van der Waals surface area contributed by atoms with E-state index in [1.807, 2.05) is 0 Å². The fourth-order valence-corrected chi connectivity index (χ4v) is 3.00. The molecule has 7 nitrogen and oxygen atoms in total. The molecule has 0 aliphatic carbocycles. The van der Waals surface area contributed by atoms with Crippen LogP contribution in [0.25, 0.3) is 0 Å². The molecule has 1 unspecified atom stereocenters. The third-order valence-electron chi connectivity index (χ3n) is 4.20. The molecule has 0 N–H and O–H groups in total. The summed E-state index contributed by atoms with van der Waals surface area (Å²) in [5.74, 6) is -1.06. The molecule has 1 aromatic heterocycles. The van der Waals surface area contributed by atoms with E-state index in [1.165, 1.54) is 11.0 Å². The summed E-state index contributed by atoms with van der Waals surface area (Å²) in [5.41, 5.74) is -1.58. The van der Waals surface area contributed by atoms with Crippen LogP contribution in [0.5, 0.6) is 0 Å². The maximum Gasteiger partial charge on any atom is 0.451 e. The minimum Gasteiger partial charge on any atom is -0.444 e. The summed E-state index contributed by atoms with van der Waals surface area (Å²) in [6, 6.07) is 1.01. The van der Waals surface area contributed by atoms with Crippen molar-refractivity contribution in [2.24, 2.45) is 0 Å². The average molecular weight is 404 g/mol. The molecule has 0 radical (unpaired) electrons. The van der Waals surface area contributed by atoms with Gasteiger partial charge in [-0.25, -0.2) is 14.8 Å². The van der Waals surface area contributed by atoms with E-state index in [4.69, 9.17) is 9.47 Å². The molecule has 0 saturated carbocycles. The first-order valence-electron chi connectivity index (χ1n) is 9.06. The highest BCUT2D eigenvalue weighted by Crippen LogP contribution is 2.31. The molecule has 2 heterocycles. The summed E-state index contributed by atoms with van der Waals surface area (Å²) >= 11 is 0. The Kier molecular flexibility index (Phi) is 6.13. The first-order chi connectivity index (χ1) is 12.7. The van der Waals surface area contributed by atoms with Gasteiger partial charge in [0, 0.05) is 19.3 Å². The highest BCUT2D eigenvalue weighted by Gasteiger charge is 2.46. The number of ether oxygens (including phenoxy) is 2. The summed E-state index contributed by atoms with van der Waals surface area (Å²) in [7, 11) is 0. The van der Waals surface area contributed by atoms with Crippen molar-refractivity contribution in [2.75, 3.05) is 24.6 Å². The van der Waals surface area contributed by atoms with Gasteiger partial charge in [0.05, 0.1) is 12.6 Å². The molecule has 1 aliphatic heterocycles. The van der Waals surface area contributed by atoms with Crippen LogP contribution < -0.4 is 4.90 Å². The molecule has 0 aromatic carbocycles. The minimum atomic E-state index is -4.63. The number of aromatic nitrogens is 2. The number of likely N-dealkylation sites (N-methyl/N-ethyl adjacent to an activating group) is 1. The molecule has 28 heavy (non-hydrogen) atoms. The van der Waals surface area contributed by atoms with Gasteiger partial charge in [-0.15, -0.1) is 0 Å². The van der Waals surface area contributed by atoms with Gasteiger partial charge in [0.25, 0.3) is 0 Å². The molecule has 1 atom stereocenters. The predicted molar refractivity (Wildman–Crippen MR) is 96.8 cm³/mol. The number of halogens is 3. The van der Waals surface area contributed by atoms with Crippen LogP contribution in [-0.4, -0.2) is 58.0 Å². The summed E-state index contributed by atoms with van der Waals surface area (Å²) < 4.78 is 50.0. The second-order valence-electron chi connectivity index (χ2n) is 8.04. The number of alkyl halides is 3. The third kappa shape index (κ3) is 5.24. The molecule has 1 saturated heterocycles. The van der Waals surface area contributed by atoms with Crippen molar-refractivity contribution in [3.05, 3.63) is 18.1 Å². The van der Waals surface area contributed by atoms with Gasteiger partial charge in [-0.05, 0) is 47.6 Å². The summed E-state index contributed by atoms with van der Waals surface area (Å²) in [6.07, 6.45) is -4.08. The van der Waals surface area contributed by atoms with E-state index in [0.717, 1.165) is 6.20 Å². The van der Waals surface area contributed by atoms with Gasteiger partial charge in [0.2, 0.25) is 5.82 Å². The summed E-state index contributed by atoms with van der Waals surface area (Å²) in [5, 5.41) is 0. The van der Waals surface area contributed by atoms with E-state index in [9.17, 15) is 18.0 Å². The van der Waals surface area contributed by atoms with Crippen molar-refractivity contribution in [1.82, 2.24) is 14.9 Å². The standard InChI is InChI=1S/C18H27F3N4O3/c1-7-24(13-8-9-22-14(23-13)18(19,20)21)10-12-11-27-17(5,6)25(12)15(26)28-16(2,3)4/h8-9,12H,7,10-11H2,1-6H3. The maximum absolute atomic E-state index is 12.9. The summed E-state index contributed by atoms with van der Waals surface area (Å²) in [4.78, 5) is 22.8. The Morgan fingerprint density at radius 1 is 1.39 bits per heavy atom. The van der Waals surface area contributed by atoms with E-state index in [2.05, 4.69) is 9.97 Å². The largest absolute Gasteiger partial charge is 0.451 e. The number of carbonyl (C=O) groups excluding carboxylic acids is 1. The lowest BCUT2D eigenvalue weighted by atomic mass is 10.2. The van der Waals surface area contributed by atoms with Crippen LogP contribution in [0.1, 0.15) is 47.4 Å². The second-order valence-corrected chi connectivity index (χ2v) is 8.04. The number of anilines is 1. The van der Waals surface area contributed by atoms with Gasteiger partial charge in [-0.2, -0.15) is 13.2 Å². The Balaban J connectivity index is 2.24. The van der Waals surface area contributed by atoms with Crippen LogP contribution in [0.3, 0.4) is 0 Å². The molecule has 0 bridgehead atoms. The molecule has 158 valence electrons. The zero-order chi connectivity index (χ0) is 21.3. The van der Waals surface area contributed by atoms with Gasteiger partial charge in [-0.3, -0.25) is 4.90 Å². The Bertz CT molecular complexity index is 704. The van der Waals surface area contributed by atoms with Crippen LogP contribution in [0, 0.1) is 0 Å². The molecule has 2 rings (SSSR count).